The summed E-state index contributed by atoms with van der Waals surface area (Å²) >= 11 is 0. The highest BCUT2D eigenvalue weighted by atomic mass is 35.5. The summed E-state index contributed by atoms with van der Waals surface area (Å²) in [6.45, 7) is 0. The number of carbonyl (C=O) groups is 1. The van der Waals surface area contributed by atoms with Gasteiger partial charge in [0.2, 0.25) is 0 Å². The first-order valence-electron chi connectivity index (χ1n) is 3.50. The van der Waals surface area contributed by atoms with E-state index in [1.54, 1.807) is 12.4 Å². The van der Waals surface area contributed by atoms with Crippen molar-refractivity contribution in [1.82, 2.24) is 10.2 Å². The average molecular weight is 189 g/mol. The van der Waals surface area contributed by atoms with Crippen LogP contribution in [0.3, 0.4) is 0 Å². The van der Waals surface area contributed by atoms with Crippen LogP contribution in [0.2, 0.25) is 0 Å². The predicted molar refractivity (Wildman–Crippen MR) is 44.3 cm³/mol. The lowest BCUT2D eigenvalue weighted by atomic mass is 10.2. The maximum atomic E-state index is 10.4. The van der Waals surface area contributed by atoms with E-state index in [1.807, 2.05) is 0 Å². The topological polar surface area (TPSA) is 66.0 Å². The molecule has 0 spiro atoms. The van der Waals surface area contributed by atoms with Gasteiger partial charge in [-0.15, -0.1) is 12.4 Å². The number of nitrogens with one attached hydrogen (secondary N) is 1. The molecule has 0 aliphatic heterocycles. The monoisotopic (exact) mass is 188 g/mol. The molecule has 5 heteroatoms. The number of hydrogen-bond acceptors (Lipinski definition) is 2. The van der Waals surface area contributed by atoms with Crippen LogP contribution in [0.5, 0.6) is 0 Å². The summed E-state index contributed by atoms with van der Waals surface area (Å²) in [6, 6.07) is 0. The highest BCUT2D eigenvalue weighted by Crippen LogP contribution is 2.46. The highest BCUT2D eigenvalue weighted by Gasteiger charge is 2.44. The highest BCUT2D eigenvalue weighted by molar-refractivity contribution is 5.85. The van der Waals surface area contributed by atoms with Crippen LogP contribution >= 0.6 is 12.4 Å². The zero-order chi connectivity index (χ0) is 7.84. The molecule has 2 rings (SSSR count). The molecule has 2 N–H and O–H groups in total. The molecule has 0 amide bonds. The van der Waals surface area contributed by atoms with Crippen LogP contribution in [0.15, 0.2) is 12.4 Å². The van der Waals surface area contributed by atoms with Gasteiger partial charge in [0.1, 0.15) is 0 Å². The smallest absolute Gasteiger partial charge is 0.307 e. The van der Waals surface area contributed by atoms with E-state index in [-0.39, 0.29) is 24.2 Å². The number of halogens is 1. The number of aromatic nitrogens is 2. The van der Waals surface area contributed by atoms with Gasteiger partial charge < -0.3 is 5.11 Å². The third kappa shape index (κ3) is 1.43. The maximum absolute atomic E-state index is 10.4. The van der Waals surface area contributed by atoms with Gasteiger partial charge in [0.05, 0.1) is 12.1 Å². The van der Waals surface area contributed by atoms with Gasteiger partial charge in [0.25, 0.3) is 0 Å². The van der Waals surface area contributed by atoms with Crippen LogP contribution in [-0.4, -0.2) is 21.3 Å². The number of carboxylic acid groups (broad SMARTS) is 1. The third-order valence-electron chi connectivity index (χ3n) is 2.06. The second kappa shape index (κ2) is 3.15. The summed E-state index contributed by atoms with van der Waals surface area (Å²) in [5, 5.41) is 15.0. The van der Waals surface area contributed by atoms with E-state index in [0.717, 1.165) is 12.0 Å². The Labute approximate surface area is 75.4 Å². The average Bonchev–Trinajstić information content (AvgIpc) is 2.60. The Morgan fingerprint density at radius 2 is 2.50 bits per heavy atom. The van der Waals surface area contributed by atoms with E-state index in [2.05, 4.69) is 10.2 Å². The SMILES string of the molecule is Cl.O=C(O)[C@@H]1C[C@H]1c1cn[nH]c1. The van der Waals surface area contributed by atoms with Gasteiger partial charge in [0.15, 0.2) is 0 Å². The largest absolute Gasteiger partial charge is 0.481 e. The number of rotatable bonds is 2. The number of carboxylic acids is 1. The minimum absolute atomic E-state index is 0. The Morgan fingerprint density at radius 3 is 2.92 bits per heavy atom. The molecule has 0 aromatic carbocycles. The van der Waals surface area contributed by atoms with Crippen molar-refractivity contribution in [2.75, 3.05) is 0 Å². The van der Waals surface area contributed by atoms with Crippen molar-refractivity contribution in [2.45, 2.75) is 12.3 Å². The van der Waals surface area contributed by atoms with E-state index in [9.17, 15) is 4.79 Å². The van der Waals surface area contributed by atoms with Crippen molar-refractivity contribution in [3.63, 3.8) is 0 Å². The molecule has 1 aromatic rings. The second-order valence-electron chi connectivity index (χ2n) is 2.82. The van der Waals surface area contributed by atoms with E-state index in [0.29, 0.717) is 0 Å². The molecule has 1 aliphatic carbocycles. The van der Waals surface area contributed by atoms with E-state index < -0.39 is 5.97 Å². The minimum atomic E-state index is -0.698. The number of nitrogens with zero attached hydrogens (tertiary/aromatic N) is 1. The normalized spacial score (nSPS) is 26.0. The van der Waals surface area contributed by atoms with E-state index in [4.69, 9.17) is 5.11 Å². The quantitative estimate of drug-likeness (QED) is 0.728. The molecule has 4 nitrogen and oxygen atoms in total. The Balaban J connectivity index is 0.000000720. The first kappa shape index (κ1) is 9.06. The van der Waals surface area contributed by atoms with Gasteiger partial charge in [-0.3, -0.25) is 9.89 Å². The van der Waals surface area contributed by atoms with Crippen LogP contribution < -0.4 is 0 Å². The van der Waals surface area contributed by atoms with Gasteiger partial charge in [-0.2, -0.15) is 5.10 Å². The zero-order valence-corrected chi connectivity index (χ0v) is 7.04. The Kier molecular flexibility index (Phi) is 2.38. The molecule has 0 saturated heterocycles. The maximum Gasteiger partial charge on any atom is 0.307 e. The molecule has 1 aliphatic rings. The zero-order valence-electron chi connectivity index (χ0n) is 6.23. The standard InChI is InChI=1S/C7H8N2O2.ClH/c10-7(11)6-1-5(6)4-2-8-9-3-4;/h2-3,5-6H,1H2,(H,8,9)(H,10,11);1H/t5-,6+;/m0./s1. The van der Waals surface area contributed by atoms with Crippen molar-refractivity contribution < 1.29 is 9.90 Å². The fourth-order valence-electron chi connectivity index (χ4n) is 1.30. The predicted octanol–water partition coefficient (Wildman–Crippen LogP) is 1.02. The Morgan fingerprint density at radius 1 is 1.75 bits per heavy atom. The molecule has 12 heavy (non-hydrogen) atoms. The Bertz CT molecular complexity index is 273. The van der Waals surface area contributed by atoms with Gasteiger partial charge in [0, 0.05) is 12.1 Å². The first-order valence-corrected chi connectivity index (χ1v) is 3.50. The molecule has 66 valence electrons. The van der Waals surface area contributed by atoms with Crippen molar-refractivity contribution in [3.8, 4) is 0 Å². The second-order valence-corrected chi connectivity index (χ2v) is 2.82. The molecule has 2 atom stereocenters. The van der Waals surface area contributed by atoms with Crippen molar-refractivity contribution in [1.29, 1.82) is 0 Å². The Hall–Kier alpha value is -1.03. The summed E-state index contributed by atoms with van der Waals surface area (Å²) in [5.74, 6) is -0.671. The number of aromatic amines is 1. The molecule has 1 aromatic heterocycles. The van der Waals surface area contributed by atoms with Crippen LogP contribution in [0.25, 0.3) is 0 Å². The molecule has 1 heterocycles. The van der Waals surface area contributed by atoms with Crippen LogP contribution in [-0.2, 0) is 4.79 Å². The fourth-order valence-corrected chi connectivity index (χ4v) is 1.30. The minimum Gasteiger partial charge on any atom is -0.481 e. The van der Waals surface area contributed by atoms with Crippen LogP contribution in [0.4, 0.5) is 0 Å². The molecule has 1 saturated carbocycles. The lowest BCUT2D eigenvalue weighted by Crippen LogP contribution is -1.98. The number of hydrogen-bond donors (Lipinski definition) is 2. The van der Waals surface area contributed by atoms with Crippen LogP contribution in [0.1, 0.15) is 17.9 Å². The summed E-state index contributed by atoms with van der Waals surface area (Å²) in [5.41, 5.74) is 1.01. The van der Waals surface area contributed by atoms with Crippen LogP contribution in [0, 0.1) is 5.92 Å². The lowest BCUT2D eigenvalue weighted by molar-refractivity contribution is -0.138. The molecule has 1 fully saturated rings. The van der Waals surface area contributed by atoms with Crippen molar-refractivity contribution >= 4 is 18.4 Å². The van der Waals surface area contributed by atoms with Gasteiger partial charge >= 0.3 is 5.97 Å². The van der Waals surface area contributed by atoms with Gasteiger partial charge in [-0.05, 0) is 12.0 Å². The van der Waals surface area contributed by atoms with Gasteiger partial charge in [-0.1, -0.05) is 0 Å². The lowest BCUT2D eigenvalue weighted by Gasteiger charge is -1.88. The molecular weight excluding hydrogens is 180 g/mol. The van der Waals surface area contributed by atoms with Crippen molar-refractivity contribution in [3.05, 3.63) is 18.0 Å². The summed E-state index contributed by atoms with van der Waals surface area (Å²) < 4.78 is 0. The first-order chi connectivity index (χ1) is 5.29. The molecule has 0 unspecified atom stereocenters. The van der Waals surface area contributed by atoms with E-state index >= 15 is 0 Å². The van der Waals surface area contributed by atoms with Gasteiger partial charge in [-0.25, -0.2) is 0 Å². The fraction of sp³-hybridized carbons (Fsp3) is 0.429. The third-order valence-corrected chi connectivity index (χ3v) is 2.06. The number of aliphatic carboxylic acids is 1. The summed E-state index contributed by atoms with van der Waals surface area (Å²) in [4.78, 5) is 10.4. The van der Waals surface area contributed by atoms with E-state index in [1.165, 1.54) is 0 Å². The molecular formula is C7H9ClN2O2. The molecule has 0 radical (unpaired) electrons. The molecule has 0 bridgehead atoms. The summed E-state index contributed by atoms with van der Waals surface area (Å²) in [6.07, 6.45) is 4.20. The van der Waals surface area contributed by atoms with Crippen molar-refractivity contribution in [2.24, 2.45) is 5.92 Å². The number of H-pyrrole nitrogens is 1. The summed E-state index contributed by atoms with van der Waals surface area (Å²) in [7, 11) is 0.